The second-order valence-electron chi connectivity index (χ2n) is 5.20. The minimum absolute atomic E-state index is 0.518. The van der Waals surface area contributed by atoms with Gasteiger partial charge in [-0.15, -0.1) is 0 Å². The topological polar surface area (TPSA) is 43.2 Å². The summed E-state index contributed by atoms with van der Waals surface area (Å²) in [6, 6.07) is 6.89. The van der Waals surface area contributed by atoms with E-state index < -0.39 is 0 Å². The molecule has 0 bridgehead atoms. The van der Waals surface area contributed by atoms with Crippen LogP contribution in [0.3, 0.4) is 0 Å². The maximum absolute atomic E-state index is 8.84. The van der Waals surface area contributed by atoms with Gasteiger partial charge in [-0.2, -0.15) is 5.26 Å². The first-order chi connectivity index (χ1) is 8.85. The molecule has 0 radical (unpaired) electrons. The molecule has 0 unspecified atom stereocenters. The van der Waals surface area contributed by atoms with Gasteiger partial charge in [-0.05, 0) is 30.5 Å². The molecule has 0 amide bonds. The van der Waals surface area contributed by atoms with Gasteiger partial charge >= 0.3 is 0 Å². The number of rotatable bonds is 3. The zero-order chi connectivity index (χ0) is 12.4. The van der Waals surface area contributed by atoms with E-state index in [0.29, 0.717) is 5.69 Å². The molecule has 2 aliphatic rings. The molecule has 1 aliphatic carbocycles. The number of hydrogen-bond acceptors (Lipinski definition) is 4. The third-order valence-corrected chi connectivity index (χ3v) is 3.82. The van der Waals surface area contributed by atoms with Crippen molar-refractivity contribution < 1.29 is 0 Å². The number of piperazine rings is 1. The number of nitriles is 1. The normalized spacial score (nSPS) is 21.7. The summed E-state index contributed by atoms with van der Waals surface area (Å²) >= 11 is 0. The molecule has 2 fully saturated rings. The lowest BCUT2D eigenvalue weighted by Crippen LogP contribution is -2.46. The van der Waals surface area contributed by atoms with Gasteiger partial charge in [0.25, 0.3) is 0 Å². The van der Waals surface area contributed by atoms with Crippen LogP contribution in [0, 0.1) is 11.3 Å². The van der Waals surface area contributed by atoms with Crippen LogP contribution in [0.1, 0.15) is 24.1 Å². The number of pyridine rings is 1. The lowest BCUT2D eigenvalue weighted by atomic mass is 10.2. The second kappa shape index (κ2) is 5.05. The van der Waals surface area contributed by atoms with E-state index in [0.717, 1.165) is 25.7 Å². The van der Waals surface area contributed by atoms with Crippen molar-refractivity contribution in [3.05, 3.63) is 29.6 Å². The lowest BCUT2D eigenvalue weighted by Gasteiger charge is -2.34. The number of nitrogens with zero attached hydrogens (tertiary/aromatic N) is 4. The van der Waals surface area contributed by atoms with Crippen molar-refractivity contribution in [2.45, 2.75) is 25.4 Å². The molecule has 2 heterocycles. The number of hydrogen-bond donors (Lipinski definition) is 0. The molecule has 0 aromatic carbocycles. The fourth-order valence-electron chi connectivity index (χ4n) is 2.62. The van der Waals surface area contributed by atoms with Crippen molar-refractivity contribution in [2.24, 2.45) is 0 Å². The summed E-state index contributed by atoms with van der Waals surface area (Å²) in [6.07, 6.45) is 4.53. The van der Waals surface area contributed by atoms with Gasteiger partial charge in [-0.3, -0.25) is 9.80 Å². The summed E-state index contributed by atoms with van der Waals surface area (Å²) in [5.41, 5.74) is 1.71. The Kier molecular flexibility index (Phi) is 3.26. The second-order valence-corrected chi connectivity index (χ2v) is 5.20. The van der Waals surface area contributed by atoms with Crippen LogP contribution in [-0.4, -0.2) is 47.0 Å². The average Bonchev–Trinajstić information content (AvgIpc) is 3.24. The largest absolute Gasteiger partial charge is 0.298 e. The van der Waals surface area contributed by atoms with Crippen molar-refractivity contribution in [3.63, 3.8) is 0 Å². The van der Waals surface area contributed by atoms with E-state index in [2.05, 4.69) is 20.9 Å². The van der Waals surface area contributed by atoms with Crippen molar-refractivity contribution in [1.29, 1.82) is 5.26 Å². The highest BCUT2D eigenvalue weighted by Crippen LogP contribution is 2.27. The van der Waals surface area contributed by atoms with E-state index in [4.69, 9.17) is 5.26 Å². The first-order valence-corrected chi connectivity index (χ1v) is 6.66. The van der Waals surface area contributed by atoms with Crippen LogP contribution < -0.4 is 0 Å². The van der Waals surface area contributed by atoms with Gasteiger partial charge in [-0.25, -0.2) is 4.98 Å². The van der Waals surface area contributed by atoms with Gasteiger partial charge in [0, 0.05) is 45.0 Å². The van der Waals surface area contributed by atoms with Crippen LogP contribution in [0.15, 0.2) is 18.3 Å². The molecule has 0 spiro atoms. The van der Waals surface area contributed by atoms with Gasteiger partial charge in [0.2, 0.25) is 0 Å². The maximum atomic E-state index is 8.84. The first kappa shape index (κ1) is 11.6. The SMILES string of the molecule is N#Cc1cc(CN2CCN(C3CC3)CC2)ccn1. The van der Waals surface area contributed by atoms with E-state index in [1.165, 1.54) is 31.5 Å². The molecule has 1 saturated heterocycles. The molecule has 18 heavy (non-hydrogen) atoms. The highest BCUT2D eigenvalue weighted by Gasteiger charge is 2.30. The van der Waals surface area contributed by atoms with E-state index in [1.54, 1.807) is 6.20 Å². The van der Waals surface area contributed by atoms with Crippen LogP contribution >= 0.6 is 0 Å². The Bertz CT molecular complexity index is 453. The van der Waals surface area contributed by atoms with Crippen molar-refractivity contribution in [3.8, 4) is 6.07 Å². The summed E-state index contributed by atoms with van der Waals surface area (Å²) < 4.78 is 0. The van der Waals surface area contributed by atoms with Gasteiger partial charge in [0.05, 0.1) is 0 Å². The molecule has 1 aromatic heterocycles. The summed E-state index contributed by atoms with van der Waals surface area (Å²) in [4.78, 5) is 9.09. The highest BCUT2D eigenvalue weighted by atomic mass is 15.3. The molecule has 3 rings (SSSR count). The molecule has 0 N–H and O–H groups in total. The first-order valence-electron chi connectivity index (χ1n) is 6.66. The van der Waals surface area contributed by atoms with Crippen molar-refractivity contribution in [1.82, 2.24) is 14.8 Å². The fraction of sp³-hybridized carbons (Fsp3) is 0.571. The van der Waals surface area contributed by atoms with E-state index >= 15 is 0 Å². The molecule has 0 atom stereocenters. The summed E-state index contributed by atoms with van der Waals surface area (Å²) in [7, 11) is 0. The minimum Gasteiger partial charge on any atom is -0.298 e. The zero-order valence-corrected chi connectivity index (χ0v) is 10.5. The van der Waals surface area contributed by atoms with Gasteiger partial charge in [0.1, 0.15) is 11.8 Å². The lowest BCUT2D eigenvalue weighted by molar-refractivity contribution is 0.121. The Balaban J connectivity index is 1.55. The predicted octanol–water partition coefficient (Wildman–Crippen LogP) is 1.23. The Labute approximate surface area is 108 Å². The van der Waals surface area contributed by atoms with Crippen LogP contribution in [0.2, 0.25) is 0 Å². The highest BCUT2D eigenvalue weighted by molar-refractivity contribution is 5.25. The Morgan fingerprint density at radius 2 is 2.06 bits per heavy atom. The van der Waals surface area contributed by atoms with E-state index in [1.807, 2.05) is 12.1 Å². The molecule has 1 saturated carbocycles. The summed E-state index contributed by atoms with van der Waals surface area (Å²) in [5.74, 6) is 0. The van der Waals surface area contributed by atoms with Crippen LogP contribution in [-0.2, 0) is 6.54 Å². The zero-order valence-electron chi connectivity index (χ0n) is 10.5. The van der Waals surface area contributed by atoms with Gasteiger partial charge < -0.3 is 0 Å². The standard InChI is InChI=1S/C14H18N4/c15-10-13-9-12(3-4-16-13)11-17-5-7-18(8-6-17)14-1-2-14/h3-4,9,14H,1-2,5-8,11H2. The molecule has 1 aliphatic heterocycles. The third kappa shape index (κ3) is 2.69. The molecule has 4 heteroatoms. The summed E-state index contributed by atoms with van der Waals surface area (Å²) in [6.45, 7) is 5.61. The van der Waals surface area contributed by atoms with E-state index in [9.17, 15) is 0 Å². The van der Waals surface area contributed by atoms with Crippen LogP contribution in [0.5, 0.6) is 0 Å². The third-order valence-electron chi connectivity index (χ3n) is 3.82. The van der Waals surface area contributed by atoms with Crippen LogP contribution in [0.25, 0.3) is 0 Å². The smallest absolute Gasteiger partial charge is 0.140 e. The quantitative estimate of drug-likeness (QED) is 0.799. The van der Waals surface area contributed by atoms with Crippen molar-refractivity contribution in [2.75, 3.05) is 26.2 Å². The molecule has 1 aromatic rings. The Morgan fingerprint density at radius 3 is 2.72 bits per heavy atom. The predicted molar refractivity (Wildman–Crippen MR) is 68.8 cm³/mol. The van der Waals surface area contributed by atoms with E-state index in [-0.39, 0.29) is 0 Å². The Morgan fingerprint density at radius 1 is 1.28 bits per heavy atom. The average molecular weight is 242 g/mol. The van der Waals surface area contributed by atoms with Gasteiger partial charge in [-0.1, -0.05) is 0 Å². The van der Waals surface area contributed by atoms with Crippen molar-refractivity contribution >= 4 is 0 Å². The fourth-order valence-corrected chi connectivity index (χ4v) is 2.62. The minimum atomic E-state index is 0.518. The molecular weight excluding hydrogens is 224 g/mol. The number of aromatic nitrogens is 1. The maximum Gasteiger partial charge on any atom is 0.140 e. The van der Waals surface area contributed by atoms with Gasteiger partial charge in [0.15, 0.2) is 0 Å². The molecular formula is C14H18N4. The molecule has 94 valence electrons. The van der Waals surface area contributed by atoms with Crippen LogP contribution in [0.4, 0.5) is 0 Å². The Hall–Kier alpha value is -1.44. The molecule has 4 nitrogen and oxygen atoms in total. The monoisotopic (exact) mass is 242 g/mol. The summed E-state index contributed by atoms with van der Waals surface area (Å²) in [5, 5.41) is 8.84.